The van der Waals surface area contributed by atoms with Gasteiger partial charge in [-0.05, 0) is 31.0 Å². The number of rotatable bonds is 4. The summed E-state index contributed by atoms with van der Waals surface area (Å²) in [6.45, 7) is 7.15. The van der Waals surface area contributed by atoms with Gasteiger partial charge in [0.15, 0.2) is 0 Å². The number of hydrogen-bond acceptors (Lipinski definition) is 2. The van der Waals surface area contributed by atoms with Crippen molar-refractivity contribution in [3.63, 3.8) is 0 Å². The van der Waals surface area contributed by atoms with Crippen LogP contribution in [0.15, 0.2) is 48.5 Å². The number of aromatic nitrogens is 1. The lowest BCUT2D eigenvalue weighted by molar-refractivity contribution is -0.135. The minimum Gasteiger partial charge on any atom is -0.358 e. The van der Waals surface area contributed by atoms with Gasteiger partial charge in [0.05, 0.1) is 0 Å². The Balaban J connectivity index is 1.53. The van der Waals surface area contributed by atoms with E-state index in [1.807, 2.05) is 49.9 Å². The molecule has 0 saturated carbocycles. The van der Waals surface area contributed by atoms with Crippen molar-refractivity contribution < 1.29 is 9.59 Å². The average Bonchev–Trinajstić information content (AvgIpc) is 3.09. The summed E-state index contributed by atoms with van der Waals surface area (Å²) in [5.41, 5.74) is 5.18. The first kappa shape index (κ1) is 19.2. The second-order valence-electron chi connectivity index (χ2n) is 8.20. The molecule has 0 aliphatic carbocycles. The highest BCUT2D eigenvalue weighted by Crippen LogP contribution is 2.28. The number of nitrogens with zero attached hydrogens (tertiary/aromatic N) is 1. The normalized spacial score (nSPS) is 14.7. The number of nitrogens with one attached hydrogen (secondary N) is 2. The monoisotopic (exact) mass is 389 g/mol. The zero-order chi connectivity index (χ0) is 20.5. The number of aryl methyl sites for hydroxylation is 1. The maximum absolute atomic E-state index is 13.3. The van der Waals surface area contributed by atoms with Gasteiger partial charge in [-0.1, -0.05) is 49.7 Å². The molecule has 2 aromatic carbocycles. The van der Waals surface area contributed by atoms with Crippen molar-refractivity contribution in [1.82, 2.24) is 15.2 Å². The molecule has 0 fully saturated rings. The standard InChI is InChI=1S/C24H27N3O2/c1-15(2)22(26-23(28)17-10-8-16(3)9-11-17)24(29)27-13-12-21-19(14-27)18-6-4-5-7-20(18)25-21/h4-11,15,22,25H,12-14H2,1-3H3,(H,26,28)/t22-/m1/s1. The SMILES string of the molecule is Cc1ccc(C(=O)N[C@@H](C(=O)N2CCc3[nH]c4ccccc4c3C2)C(C)C)cc1. The molecule has 0 bridgehead atoms. The van der Waals surface area contributed by atoms with Crippen molar-refractivity contribution in [3.8, 4) is 0 Å². The van der Waals surface area contributed by atoms with Crippen LogP contribution in [0.2, 0.25) is 0 Å². The van der Waals surface area contributed by atoms with E-state index in [0.717, 1.165) is 17.5 Å². The molecule has 150 valence electrons. The maximum Gasteiger partial charge on any atom is 0.251 e. The van der Waals surface area contributed by atoms with Crippen LogP contribution >= 0.6 is 0 Å². The van der Waals surface area contributed by atoms with E-state index < -0.39 is 6.04 Å². The molecule has 2 heterocycles. The summed E-state index contributed by atoms with van der Waals surface area (Å²) in [6.07, 6.45) is 0.798. The second kappa shape index (κ2) is 7.74. The van der Waals surface area contributed by atoms with Gasteiger partial charge in [0.2, 0.25) is 5.91 Å². The van der Waals surface area contributed by atoms with Gasteiger partial charge >= 0.3 is 0 Å². The summed E-state index contributed by atoms with van der Waals surface area (Å²) in [5.74, 6) is -0.223. The lowest BCUT2D eigenvalue weighted by Gasteiger charge is -2.32. The first-order chi connectivity index (χ1) is 13.9. The minimum atomic E-state index is -0.546. The first-order valence-electron chi connectivity index (χ1n) is 10.2. The number of benzene rings is 2. The number of amides is 2. The molecule has 3 aromatic rings. The summed E-state index contributed by atoms with van der Waals surface area (Å²) >= 11 is 0. The molecule has 1 aromatic heterocycles. The molecule has 2 N–H and O–H groups in total. The van der Waals surface area contributed by atoms with Gasteiger partial charge in [-0.2, -0.15) is 0 Å². The first-order valence-corrected chi connectivity index (χ1v) is 10.2. The molecular formula is C24H27N3O2. The summed E-state index contributed by atoms with van der Waals surface area (Å²) in [7, 11) is 0. The number of carbonyl (C=O) groups is 2. The number of hydrogen-bond donors (Lipinski definition) is 2. The van der Waals surface area contributed by atoms with E-state index in [-0.39, 0.29) is 17.7 Å². The van der Waals surface area contributed by atoms with Gasteiger partial charge in [0, 0.05) is 47.2 Å². The van der Waals surface area contributed by atoms with Crippen molar-refractivity contribution in [2.24, 2.45) is 5.92 Å². The molecule has 5 nitrogen and oxygen atoms in total. The Kier molecular flexibility index (Phi) is 5.14. The van der Waals surface area contributed by atoms with Crippen LogP contribution in [0, 0.1) is 12.8 Å². The molecule has 29 heavy (non-hydrogen) atoms. The molecule has 2 amide bonds. The van der Waals surface area contributed by atoms with Gasteiger partial charge in [-0.3, -0.25) is 9.59 Å². The Labute approximate surface area is 171 Å². The largest absolute Gasteiger partial charge is 0.358 e. The molecular weight excluding hydrogens is 362 g/mol. The van der Waals surface area contributed by atoms with Crippen molar-refractivity contribution in [2.75, 3.05) is 6.54 Å². The highest BCUT2D eigenvalue weighted by Gasteiger charge is 2.32. The average molecular weight is 389 g/mol. The van der Waals surface area contributed by atoms with Crippen LogP contribution in [0.1, 0.15) is 41.0 Å². The van der Waals surface area contributed by atoms with Gasteiger partial charge in [-0.25, -0.2) is 0 Å². The van der Waals surface area contributed by atoms with Gasteiger partial charge in [0.1, 0.15) is 6.04 Å². The van der Waals surface area contributed by atoms with Crippen LogP contribution in [-0.2, 0) is 17.8 Å². The zero-order valence-corrected chi connectivity index (χ0v) is 17.2. The van der Waals surface area contributed by atoms with E-state index in [2.05, 4.69) is 22.4 Å². The van der Waals surface area contributed by atoms with Crippen LogP contribution in [0.3, 0.4) is 0 Å². The Bertz CT molecular complexity index is 1050. The topological polar surface area (TPSA) is 65.2 Å². The fourth-order valence-corrected chi connectivity index (χ4v) is 3.99. The predicted octanol–water partition coefficient (Wildman–Crippen LogP) is 3.82. The number of para-hydroxylation sites is 1. The van der Waals surface area contributed by atoms with Gasteiger partial charge in [0.25, 0.3) is 5.91 Å². The fraction of sp³-hybridized carbons (Fsp3) is 0.333. The number of carbonyl (C=O) groups excluding carboxylic acids is 2. The predicted molar refractivity (Wildman–Crippen MR) is 115 cm³/mol. The molecule has 4 rings (SSSR count). The second-order valence-corrected chi connectivity index (χ2v) is 8.20. The Morgan fingerprint density at radius 3 is 2.52 bits per heavy atom. The number of fused-ring (bicyclic) bond motifs is 3. The van der Waals surface area contributed by atoms with E-state index in [1.165, 1.54) is 16.6 Å². The lowest BCUT2D eigenvalue weighted by Crippen LogP contribution is -2.52. The van der Waals surface area contributed by atoms with Crippen LogP contribution in [0.5, 0.6) is 0 Å². The zero-order valence-electron chi connectivity index (χ0n) is 17.2. The van der Waals surface area contributed by atoms with Crippen LogP contribution < -0.4 is 5.32 Å². The highest BCUT2D eigenvalue weighted by molar-refractivity contribution is 5.97. The minimum absolute atomic E-state index is 0.00117. The van der Waals surface area contributed by atoms with Crippen LogP contribution in [0.4, 0.5) is 0 Å². The van der Waals surface area contributed by atoms with Gasteiger partial charge in [-0.15, -0.1) is 0 Å². The molecule has 5 heteroatoms. The third kappa shape index (κ3) is 3.77. The van der Waals surface area contributed by atoms with E-state index in [4.69, 9.17) is 0 Å². The lowest BCUT2D eigenvalue weighted by atomic mass is 9.99. The van der Waals surface area contributed by atoms with Crippen molar-refractivity contribution >= 4 is 22.7 Å². The Morgan fingerprint density at radius 2 is 1.79 bits per heavy atom. The van der Waals surface area contributed by atoms with Gasteiger partial charge < -0.3 is 15.2 Å². The Hall–Kier alpha value is -3.08. The van der Waals surface area contributed by atoms with Crippen molar-refractivity contribution in [2.45, 2.75) is 39.8 Å². The van der Waals surface area contributed by atoms with E-state index >= 15 is 0 Å². The summed E-state index contributed by atoms with van der Waals surface area (Å²) in [5, 5.41) is 4.14. The third-order valence-corrected chi connectivity index (χ3v) is 5.73. The third-order valence-electron chi connectivity index (χ3n) is 5.73. The van der Waals surface area contributed by atoms with E-state index in [1.54, 1.807) is 12.1 Å². The van der Waals surface area contributed by atoms with Crippen molar-refractivity contribution in [3.05, 3.63) is 70.9 Å². The van der Waals surface area contributed by atoms with E-state index in [9.17, 15) is 9.59 Å². The Morgan fingerprint density at radius 1 is 1.07 bits per heavy atom. The highest BCUT2D eigenvalue weighted by atomic mass is 16.2. The molecule has 0 saturated heterocycles. The van der Waals surface area contributed by atoms with E-state index in [0.29, 0.717) is 18.7 Å². The molecule has 0 spiro atoms. The molecule has 0 radical (unpaired) electrons. The quantitative estimate of drug-likeness (QED) is 0.713. The summed E-state index contributed by atoms with van der Waals surface area (Å²) < 4.78 is 0. The van der Waals surface area contributed by atoms with Crippen molar-refractivity contribution in [1.29, 1.82) is 0 Å². The van der Waals surface area contributed by atoms with Crippen LogP contribution in [0.25, 0.3) is 10.9 Å². The number of aromatic amines is 1. The molecule has 1 atom stereocenters. The fourth-order valence-electron chi connectivity index (χ4n) is 3.99. The summed E-state index contributed by atoms with van der Waals surface area (Å²) in [6, 6.07) is 15.1. The summed E-state index contributed by atoms with van der Waals surface area (Å²) in [4.78, 5) is 31.4. The number of H-pyrrole nitrogens is 1. The molecule has 1 aliphatic heterocycles. The molecule has 0 unspecified atom stereocenters. The molecule has 1 aliphatic rings. The van der Waals surface area contributed by atoms with Crippen LogP contribution in [-0.4, -0.2) is 34.3 Å². The maximum atomic E-state index is 13.3. The smallest absolute Gasteiger partial charge is 0.251 e.